The molecule has 0 aliphatic carbocycles. The van der Waals surface area contributed by atoms with E-state index in [1.54, 1.807) is 14.2 Å². The number of carbonyl (C=O) groups excluding carboxylic acids is 1. The van der Waals surface area contributed by atoms with Crippen LogP contribution >= 0.6 is 0 Å². The molecule has 128 valence electrons. The Labute approximate surface area is 143 Å². The Hall–Kier alpha value is -2.49. The third kappa shape index (κ3) is 4.75. The average Bonchev–Trinajstić information content (AvgIpc) is 2.60. The van der Waals surface area contributed by atoms with Crippen LogP contribution in [0.25, 0.3) is 0 Å². The SMILES string of the molecule is COc1ccc([C@@H](C)NC(=O)CCc2ccc(C)cc2)cc1OC. The molecule has 2 aromatic rings. The van der Waals surface area contributed by atoms with Gasteiger partial charge in [-0.3, -0.25) is 4.79 Å². The van der Waals surface area contributed by atoms with Crippen molar-refractivity contribution >= 4 is 5.91 Å². The maximum Gasteiger partial charge on any atom is 0.220 e. The van der Waals surface area contributed by atoms with Crippen LogP contribution in [0.1, 0.15) is 36.1 Å². The molecule has 0 heterocycles. The molecule has 0 spiro atoms. The van der Waals surface area contributed by atoms with Gasteiger partial charge in [0.05, 0.1) is 20.3 Å². The Bertz CT molecular complexity index is 680. The number of carbonyl (C=O) groups is 1. The van der Waals surface area contributed by atoms with Crippen LogP contribution in [0.5, 0.6) is 11.5 Å². The second kappa shape index (κ2) is 8.39. The van der Waals surface area contributed by atoms with E-state index in [2.05, 4.69) is 36.5 Å². The summed E-state index contributed by atoms with van der Waals surface area (Å²) in [6.07, 6.45) is 1.21. The molecule has 1 atom stereocenters. The molecule has 0 saturated heterocycles. The minimum absolute atomic E-state index is 0.0397. The molecule has 1 N–H and O–H groups in total. The lowest BCUT2D eigenvalue weighted by Gasteiger charge is -2.16. The van der Waals surface area contributed by atoms with Crippen molar-refractivity contribution < 1.29 is 14.3 Å². The maximum absolute atomic E-state index is 12.2. The van der Waals surface area contributed by atoms with E-state index in [0.717, 1.165) is 12.0 Å². The van der Waals surface area contributed by atoms with Gasteiger partial charge in [-0.15, -0.1) is 0 Å². The van der Waals surface area contributed by atoms with Gasteiger partial charge in [0.1, 0.15) is 0 Å². The summed E-state index contributed by atoms with van der Waals surface area (Å²) in [7, 11) is 3.21. The molecule has 0 bridgehead atoms. The first-order valence-electron chi connectivity index (χ1n) is 8.10. The van der Waals surface area contributed by atoms with Crippen LogP contribution in [-0.4, -0.2) is 20.1 Å². The summed E-state index contributed by atoms with van der Waals surface area (Å²) in [5.74, 6) is 1.38. The highest BCUT2D eigenvalue weighted by atomic mass is 16.5. The zero-order valence-corrected chi connectivity index (χ0v) is 14.8. The highest BCUT2D eigenvalue weighted by Crippen LogP contribution is 2.29. The number of aryl methyl sites for hydroxylation is 2. The molecule has 2 rings (SSSR count). The van der Waals surface area contributed by atoms with E-state index in [9.17, 15) is 4.79 Å². The fourth-order valence-electron chi connectivity index (χ4n) is 2.53. The van der Waals surface area contributed by atoms with Crippen molar-refractivity contribution in [1.82, 2.24) is 5.32 Å². The van der Waals surface area contributed by atoms with Crippen molar-refractivity contribution in [1.29, 1.82) is 0 Å². The first-order chi connectivity index (χ1) is 11.5. The second-order valence-electron chi connectivity index (χ2n) is 5.89. The molecule has 0 fully saturated rings. The predicted molar refractivity (Wildman–Crippen MR) is 95.6 cm³/mol. The summed E-state index contributed by atoms with van der Waals surface area (Å²) in [4.78, 5) is 12.2. The molecule has 0 aliphatic heterocycles. The molecular formula is C20H25NO3. The van der Waals surface area contributed by atoms with Gasteiger partial charge in [-0.1, -0.05) is 35.9 Å². The van der Waals surface area contributed by atoms with E-state index < -0.39 is 0 Å². The zero-order valence-electron chi connectivity index (χ0n) is 14.8. The van der Waals surface area contributed by atoms with Gasteiger partial charge in [-0.25, -0.2) is 0 Å². The Kier molecular flexibility index (Phi) is 6.24. The van der Waals surface area contributed by atoms with Crippen LogP contribution in [0.3, 0.4) is 0 Å². The molecule has 4 heteroatoms. The number of ether oxygens (including phenoxy) is 2. The molecule has 0 aromatic heterocycles. The largest absolute Gasteiger partial charge is 0.493 e. The minimum atomic E-state index is -0.0877. The van der Waals surface area contributed by atoms with Crippen LogP contribution in [0, 0.1) is 6.92 Å². The van der Waals surface area contributed by atoms with Crippen LogP contribution in [-0.2, 0) is 11.2 Å². The van der Waals surface area contributed by atoms with Crippen molar-refractivity contribution in [3.05, 3.63) is 59.2 Å². The lowest BCUT2D eigenvalue weighted by molar-refractivity contribution is -0.121. The highest BCUT2D eigenvalue weighted by molar-refractivity contribution is 5.76. The number of hydrogen-bond acceptors (Lipinski definition) is 3. The monoisotopic (exact) mass is 327 g/mol. The smallest absolute Gasteiger partial charge is 0.220 e. The first kappa shape index (κ1) is 17.9. The van der Waals surface area contributed by atoms with Gasteiger partial charge >= 0.3 is 0 Å². The number of benzene rings is 2. The van der Waals surface area contributed by atoms with E-state index in [4.69, 9.17) is 9.47 Å². The fraction of sp³-hybridized carbons (Fsp3) is 0.350. The van der Waals surface area contributed by atoms with Crippen molar-refractivity contribution in [2.24, 2.45) is 0 Å². The molecule has 24 heavy (non-hydrogen) atoms. The summed E-state index contributed by atoms with van der Waals surface area (Å²) >= 11 is 0. The molecule has 0 aliphatic rings. The van der Waals surface area contributed by atoms with Gasteiger partial charge < -0.3 is 14.8 Å². The van der Waals surface area contributed by atoms with Crippen LogP contribution in [0.2, 0.25) is 0 Å². The molecule has 4 nitrogen and oxygen atoms in total. The third-order valence-electron chi connectivity index (χ3n) is 4.05. The van der Waals surface area contributed by atoms with Crippen LogP contribution in [0.4, 0.5) is 0 Å². The van der Waals surface area contributed by atoms with E-state index in [1.807, 2.05) is 25.1 Å². The Morgan fingerprint density at radius 1 is 1.04 bits per heavy atom. The summed E-state index contributed by atoms with van der Waals surface area (Å²) in [6.45, 7) is 4.02. The molecule has 2 aromatic carbocycles. The second-order valence-corrected chi connectivity index (χ2v) is 5.89. The summed E-state index contributed by atoms with van der Waals surface area (Å²) in [5, 5.41) is 3.03. The number of amides is 1. The normalized spacial score (nSPS) is 11.7. The van der Waals surface area contributed by atoms with Gasteiger partial charge in [0.2, 0.25) is 5.91 Å². The fourth-order valence-corrected chi connectivity index (χ4v) is 2.53. The molecular weight excluding hydrogens is 302 g/mol. The zero-order chi connectivity index (χ0) is 17.5. The summed E-state index contributed by atoms with van der Waals surface area (Å²) < 4.78 is 10.5. The van der Waals surface area contributed by atoms with Gasteiger partial charge in [0.15, 0.2) is 11.5 Å². The van der Waals surface area contributed by atoms with Crippen molar-refractivity contribution in [2.45, 2.75) is 32.7 Å². The minimum Gasteiger partial charge on any atom is -0.493 e. The number of rotatable bonds is 7. The van der Waals surface area contributed by atoms with Gasteiger partial charge in [-0.2, -0.15) is 0 Å². The predicted octanol–water partition coefficient (Wildman–Crippen LogP) is 3.82. The molecule has 0 radical (unpaired) electrons. The third-order valence-corrected chi connectivity index (χ3v) is 4.05. The molecule has 1 amide bonds. The van der Waals surface area contributed by atoms with Crippen molar-refractivity contribution in [3.63, 3.8) is 0 Å². The Morgan fingerprint density at radius 3 is 2.33 bits per heavy atom. The first-order valence-corrected chi connectivity index (χ1v) is 8.10. The topological polar surface area (TPSA) is 47.6 Å². The lowest BCUT2D eigenvalue weighted by atomic mass is 10.1. The van der Waals surface area contributed by atoms with E-state index in [1.165, 1.54) is 11.1 Å². The van der Waals surface area contributed by atoms with Gasteiger partial charge in [-0.05, 0) is 43.5 Å². The standard InChI is InChI=1S/C20H25NO3/c1-14-5-7-16(8-6-14)9-12-20(22)21-15(2)17-10-11-18(23-3)19(13-17)24-4/h5-8,10-11,13,15H,9,12H2,1-4H3,(H,21,22)/t15-/m1/s1. The molecule has 0 saturated carbocycles. The summed E-state index contributed by atoms with van der Waals surface area (Å²) in [5.41, 5.74) is 3.39. The van der Waals surface area contributed by atoms with Crippen molar-refractivity contribution in [3.8, 4) is 11.5 Å². The van der Waals surface area contributed by atoms with E-state index in [-0.39, 0.29) is 11.9 Å². The lowest BCUT2D eigenvalue weighted by Crippen LogP contribution is -2.26. The highest BCUT2D eigenvalue weighted by Gasteiger charge is 2.12. The molecule has 0 unspecified atom stereocenters. The van der Waals surface area contributed by atoms with Crippen LogP contribution in [0.15, 0.2) is 42.5 Å². The van der Waals surface area contributed by atoms with E-state index in [0.29, 0.717) is 17.9 Å². The Morgan fingerprint density at radius 2 is 1.71 bits per heavy atom. The van der Waals surface area contributed by atoms with E-state index >= 15 is 0 Å². The summed E-state index contributed by atoms with van der Waals surface area (Å²) in [6, 6.07) is 13.9. The van der Waals surface area contributed by atoms with Gasteiger partial charge in [0.25, 0.3) is 0 Å². The van der Waals surface area contributed by atoms with Gasteiger partial charge in [0, 0.05) is 6.42 Å². The number of hydrogen-bond donors (Lipinski definition) is 1. The quantitative estimate of drug-likeness (QED) is 0.841. The van der Waals surface area contributed by atoms with Crippen molar-refractivity contribution in [2.75, 3.05) is 14.2 Å². The Balaban J connectivity index is 1.92. The van der Waals surface area contributed by atoms with Crippen LogP contribution < -0.4 is 14.8 Å². The average molecular weight is 327 g/mol. The maximum atomic E-state index is 12.2. The number of methoxy groups -OCH3 is 2. The number of nitrogens with one attached hydrogen (secondary N) is 1.